The summed E-state index contributed by atoms with van der Waals surface area (Å²) in [6.45, 7) is 7.93. The van der Waals surface area contributed by atoms with Crippen LogP contribution in [0.3, 0.4) is 0 Å². The Morgan fingerprint density at radius 1 is 1.33 bits per heavy atom. The van der Waals surface area contributed by atoms with E-state index in [1.54, 1.807) is 0 Å². The number of alkyl halides is 2. The smallest absolute Gasteiger partial charge is 0.286 e. The van der Waals surface area contributed by atoms with Gasteiger partial charge in [0, 0.05) is 18.9 Å². The summed E-state index contributed by atoms with van der Waals surface area (Å²) in [7, 11) is 0. The maximum atomic E-state index is 13.7. The van der Waals surface area contributed by atoms with E-state index in [-0.39, 0.29) is 17.2 Å². The lowest BCUT2D eigenvalue weighted by atomic mass is 9.92. The lowest BCUT2D eigenvalue weighted by molar-refractivity contribution is 0.00581. The van der Waals surface area contributed by atoms with Crippen LogP contribution in [0.4, 0.5) is 8.78 Å². The third-order valence-corrected chi connectivity index (χ3v) is 3.21. The van der Waals surface area contributed by atoms with E-state index < -0.39 is 5.92 Å². The number of rotatable bonds is 2. The molecule has 1 fully saturated rings. The molecule has 1 aromatic rings. The summed E-state index contributed by atoms with van der Waals surface area (Å²) in [5, 5.41) is 4.39. The summed E-state index contributed by atoms with van der Waals surface area (Å²) in [6, 6.07) is 1.46. The Kier molecular flexibility index (Phi) is 3.21. The molecule has 1 aromatic heterocycles. The molecule has 2 rings (SSSR count). The van der Waals surface area contributed by atoms with E-state index >= 15 is 0 Å². The maximum Gasteiger partial charge on any atom is 0.286 e. The molecule has 0 amide bonds. The number of halogens is 2. The normalized spacial score (nSPS) is 21.6. The second kappa shape index (κ2) is 4.30. The van der Waals surface area contributed by atoms with Gasteiger partial charge in [0.25, 0.3) is 5.92 Å². The molecular weight excluding hydrogens is 238 g/mol. The van der Waals surface area contributed by atoms with Gasteiger partial charge in [0.05, 0.1) is 18.3 Å². The number of hydrogen-bond donors (Lipinski definition) is 0. The molecule has 3 nitrogen and oxygen atoms in total. The number of hydrogen-bond acceptors (Lipinski definition) is 2. The molecule has 0 bridgehead atoms. The monoisotopic (exact) mass is 258 g/mol. The summed E-state index contributed by atoms with van der Waals surface area (Å²) in [6.07, 6.45) is 0.744. The molecule has 0 aliphatic carbocycles. The van der Waals surface area contributed by atoms with Gasteiger partial charge in [-0.1, -0.05) is 20.8 Å². The predicted molar refractivity (Wildman–Crippen MR) is 65.0 cm³/mol. The molecule has 0 aromatic carbocycles. The van der Waals surface area contributed by atoms with Gasteiger partial charge in [-0.3, -0.25) is 4.68 Å². The molecular formula is C13H20F2N2O. The lowest BCUT2D eigenvalue weighted by Gasteiger charge is -2.17. The fourth-order valence-corrected chi connectivity index (χ4v) is 2.08. The Labute approximate surface area is 106 Å². The first kappa shape index (κ1) is 13.5. The van der Waals surface area contributed by atoms with E-state index in [9.17, 15) is 8.78 Å². The van der Waals surface area contributed by atoms with Gasteiger partial charge in [-0.2, -0.15) is 13.9 Å². The molecule has 1 unspecified atom stereocenters. The lowest BCUT2D eigenvalue weighted by Crippen LogP contribution is -2.20. The Bertz CT molecular complexity index is 423. The molecule has 0 saturated carbocycles. The number of ether oxygens (including phenoxy) is 1. The number of nitrogens with zero attached hydrogens (tertiary/aromatic N) is 2. The minimum absolute atomic E-state index is 0.0112. The highest BCUT2D eigenvalue weighted by Gasteiger charge is 2.35. The van der Waals surface area contributed by atoms with Crippen LogP contribution in [0.2, 0.25) is 0 Å². The van der Waals surface area contributed by atoms with Gasteiger partial charge >= 0.3 is 0 Å². The zero-order valence-electron chi connectivity index (χ0n) is 11.3. The van der Waals surface area contributed by atoms with Gasteiger partial charge in [0.15, 0.2) is 0 Å². The summed E-state index contributed by atoms with van der Waals surface area (Å²) in [4.78, 5) is 0. The van der Waals surface area contributed by atoms with Gasteiger partial charge < -0.3 is 4.74 Å². The second-order valence-corrected chi connectivity index (χ2v) is 6.02. The Morgan fingerprint density at radius 2 is 2.00 bits per heavy atom. The summed E-state index contributed by atoms with van der Waals surface area (Å²) in [5.74, 6) is -2.88. The van der Waals surface area contributed by atoms with Crippen LogP contribution in [0.15, 0.2) is 6.07 Å². The molecule has 1 saturated heterocycles. The van der Waals surface area contributed by atoms with Crippen LogP contribution in [0, 0.1) is 0 Å². The van der Waals surface area contributed by atoms with Crippen LogP contribution in [-0.2, 0) is 16.1 Å². The van der Waals surface area contributed by atoms with Crippen LogP contribution in [-0.4, -0.2) is 23.0 Å². The molecule has 102 valence electrons. The van der Waals surface area contributed by atoms with Crippen molar-refractivity contribution in [2.24, 2.45) is 0 Å². The van der Waals surface area contributed by atoms with Gasteiger partial charge in [0.2, 0.25) is 0 Å². The quantitative estimate of drug-likeness (QED) is 0.814. The van der Waals surface area contributed by atoms with Crippen LogP contribution in [0.25, 0.3) is 0 Å². The first-order valence-electron chi connectivity index (χ1n) is 6.25. The molecule has 1 atom stereocenters. The first-order chi connectivity index (χ1) is 8.19. The topological polar surface area (TPSA) is 27.1 Å². The van der Waals surface area contributed by atoms with Crippen LogP contribution < -0.4 is 0 Å². The molecule has 1 aliphatic heterocycles. The fraction of sp³-hybridized carbons (Fsp3) is 0.769. The second-order valence-electron chi connectivity index (χ2n) is 6.02. The van der Waals surface area contributed by atoms with Crippen molar-refractivity contribution in [1.82, 2.24) is 9.78 Å². The third kappa shape index (κ3) is 2.55. The SMILES string of the molecule is CC(C)(C)c1cc(C(C)(F)F)n(C2CCOC2)n1. The van der Waals surface area contributed by atoms with Crippen molar-refractivity contribution in [2.45, 2.75) is 51.5 Å². The van der Waals surface area contributed by atoms with Gasteiger partial charge in [-0.15, -0.1) is 0 Å². The highest BCUT2D eigenvalue weighted by molar-refractivity contribution is 5.21. The fourth-order valence-electron chi connectivity index (χ4n) is 2.08. The summed E-state index contributed by atoms with van der Waals surface area (Å²) < 4.78 is 34.1. The average Bonchev–Trinajstić information content (AvgIpc) is 2.84. The highest BCUT2D eigenvalue weighted by atomic mass is 19.3. The van der Waals surface area contributed by atoms with Gasteiger partial charge in [0.1, 0.15) is 5.69 Å². The minimum atomic E-state index is -2.88. The average molecular weight is 258 g/mol. The predicted octanol–water partition coefficient (Wildman–Crippen LogP) is 3.25. The van der Waals surface area contributed by atoms with Gasteiger partial charge in [-0.05, 0) is 12.5 Å². The largest absolute Gasteiger partial charge is 0.379 e. The van der Waals surface area contributed by atoms with E-state index in [0.717, 1.165) is 13.3 Å². The van der Waals surface area contributed by atoms with Crippen molar-refractivity contribution in [2.75, 3.05) is 13.2 Å². The van der Waals surface area contributed by atoms with E-state index in [1.807, 2.05) is 20.8 Å². The molecule has 18 heavy (non-hydrogen) atoms. The molecule has 0 N–H and O–H groups in total. The Morgan fingerprint density at radius 3 is 2.44 bits per heavy atom. The Balaban J connectivity index is 2.45. The summed E-state index contributed by atoms with van der Waals surface area (Å²) >= 11 is 0. The maximum absolute atomic E-state index is 13.7. The number of aromatic nitrogens is 2. The molecule has 2 heterocycles. The Hall–Kier alpha value is -0.970. The minimum Gasteiger partial charge on any atom is -0.379 e. The zero-order valence-corrected chi connectivity index (χ0v) is 11.3. The van der Waals surface area contributed by atoms with Crippen molar-refractivity contribution in [3.8, 4) is 0 Å². The summed E-state index contributed by atoms with van der Waals surface area (Å²) in [5.41, 5.74) is 0.457. The van der Waals surface area contributed by atoms with E-state index in [1.165, 1.54) is 10.7 Å². The first-order valence-corrected chi connectivity index (χ1v) is 6.25. The van der Waals surface area contributed by atoms with Crippen molar-refractivity contribution in [1.29, 1.82) is 0 Å². The highest BCUT2D eigenvalue weighted by Crippen LogP contribution is 2.34. The van der Waals surface area contributed by atoms with Crippen molar-refractivity contribution in [3.63, 3.8) is 0 Å². The molecule has 1 aliphatic rings. The van der Waals surface area contributed by atoms with Crippen molar-refractivity contribution >= 4 is 0 Å². The molecule has 5 heteroatoms. The van der Waals surface area contributed by atoms with Crippen LogP contribution >= 0.6 is 0 Å². The third-order valence-electron chi connectivity index (χ3n) is 3.21. The van der Waals surface area contributed by atoms with E-state index in [2.05, 4.69) is 5.10 Å². The van der Waals surface area contributed by atoms with Crippen molar-refractivity contribution in [3.05, 3.63) is 17.5 Å². The zero-order chi connectivity index (χ0) is 13.6. The van der Waals surface area contributed by atoms with Crippen LogP contribution in [0.1, 0.15) is 51.5 Å². The van der Waals surface area contributed by atoms with E-state index in [0.29, 0.717) is 18.9 Å². The molecule has 0 radical (unpaired) electrons. The van der Waals surface area contributed by atoms with Crippen LogP contribution in [0.5, 0.6) is 0 Å². The van der Waals surface area contributed by atoms with Gasteiger partial charge in [-0.25, -0.2) is 0 Å². The standard InChI is InChI=1S/C13H20F2N2O/c1-12(2,3)10-7-11(13(4,14)15)17(16-10)9-5-6-18-8-9/h7,9H,5-6,8H2,1-4H3. The van der Waals surface area contributed by atoms with Crippen molar-refractivity contribution < 1.29 is 13.5 Å². The molecule has 0 spiro atoms. The van der Waals surface area contributed by atoms with E-state index in [4.69, 9.17) is 4.74 Å².